The average Bonchev–Trinajstić information content (AvgIpc) is 2.73. The van der Waals surface area contributed by atoms with Crippen molar-refractivity contribution < 1.29 is 13.2 Å². The zero-order valence-electron chi connectivity index (χ0n) is 17.7. The fraction of sp³-hybridized carbons (Fsp3) is 0.409. The van der Waals surface area contributed by atoms with Gasteiger partial charge in [0.15, 0.2) is 0 Å². The van der Waals surface area contributed by atoms with Crippen molar-refractivity contribution in [1.82, 2.24) is 20.3 Å². The summed E-state index contributed by atoms with van der Waals surface area (Å²) in [5.74, 6) is 0.970. The van der Waals surface area contributed by atoms with Gasteiger partial charge >= 0.3 is 0 Å². The van der Waals surface area contributed by atoms with Crippen LogP contribution in [-0.2, 0) is 0 Å². The van der Waals surface area contributed by atoms with E-state index >= 15 is 0 Å². The number of halogens is 3. The molecule has 0 aliphatic carbocycles. The molecule has 2 aromatic heterocycles. The summed E-state index contributed by atoms with van der Waals surface area (Å²) in [6.45, 7) is 8.18. The number of fused-ring (bicyclic) bond motifs is 1. The summed E-state index contributed by atoms with van der Waals surface area (Å²) < 4.78 is 40.9. The monoisotopic (exact) mass is 430 g/mol. The molecule has 31 heavy (non-hydrogen) atoms. The molecule has 0 amide bonds. The molecule has 2 N–H and O–H groups in total. The normalized spacial score (nSPS) is 17.9. The molecule has 0 saturated carbocycles. The molecule has 1 aromatic carbocycles. The van der Waals surface area contributed by atoms with Gasteiger partial charge in [0.25, 0.3) is 6.43 Å². The summed E-state index contributed by atoms with van der Waals surface area (Å²) >= 11 is 0. The van der Waals surface area contributed by atoms with Crippen molar-refractivity contribution in [3.8, 4) is 0 Å². The highest BCUT2D eigenvalue weighted by Crippen LogP contribution is 2.31. The van der Waals surface area contributed by atoms with Crippen LogP contribution in [0.2, 0.25) is 0 Å². The smallest absolute Gasteiger partial charge is 0.266 e. The maximum absolute atomic E-state index is 14.6. The number of alkyl halides is 2. The van der Waals surface area contributed by atoms with E-state index in [0.29, 0.717) is 17.2 Å². The number of benzene rings is 1. The predicted molar refractivity (Wildman–Crippen MR) is 115 cm³/mol. The Labute approximate surface area is 178 Å². The Balaban J connectivity index is 1.71. The van der Waals surface area contributed by atoms with Gasteiger partial charge in [-0.15, -0.1) is 0 Å². The topological polar surface area (TPSA) is 66.0 Å². The van der Waals surface area contributed by atoms with E-state index in [2.05, 4.69) is 37.4 Å². The Morgan fingerprint density at radius 3 is 2.74 bits per heavy atom. The third kappa shape index (κ3) is 4.27. The third-order valence-electron chi connectivity index (χ3n) is 5.59. The molecule has 1 aliphatic heterocycles. The number of anilines is 2. The van der Waals surface area contributed by atoms with Crippen LogP contribution in [0, 0.1) is 12.7 Å². The van der Waals surface area contributed by atoms with Crippen molar-refractivity contribution in [2.45, 2.75) is 39.3 Å². The van der Waals surface area contributed by atoms with Crippen molar-refractivity contribution in [3.63, 3.8) is 0 Å². The Hall–Kier alpha value is -2.94. The van der Waals surface area contributed by atoms with Crippen LogP contribution >= 0.6 is 0 Å². The summed E-state index contributed by atoms with van der Waals surface area (Å²) in [5.41, 5.74) is 0.219. The van der Waals surface area contributed by atoms with Gasteiger partial charge in [-0.2, -0.15) is 0 Å². The summed E-state index contributed by atoms with van der Waals surface area (Å²) in [6.07, 6.45) is -1.16. The minimum Gasteiger partial charge on any atom is -0.363 e. The van der Waals surface area contributed by atoms with E-state index in [1.54, 1.807) is 20.0 Å². The van der Waals surface area contributed by atoms with Gasteiger partial charge in [0, 0.05) is 36.6 Å². The van der Waals surface area contributed by atoms with Gasteiger partial charge in [-0.3, -0.25) is 0 Å². The van der Waals surface area contributed by atoms with Gasteiger partial charge in [-0.05, 0) is 26.8 Å². The van der Waals surface area contributed by atoms with Crippen LogP contribution in [0.4, 0.5) is 24.8 Å². The number of nitrogens with one attached hydrogen (secondary N) is 2. The van der Waals surface area contributed by atoms with Crippen LogP contribution in [0.1, 0.15) is 43.3 Å². The number of rotatable bonds is 5. The number of aryl methyl sites for hydroxylation is 1. The van der Waals surface area contributed by atoms with Crippen molar-refractivity contribution in [2.24, 2.45) is 0 Å². The first-order chi connectivity index (χ1) is 14.8. The van der Waals surface area contributed by atoms with E-state index in [0.717, 1.165) is 36.9 Å². The van der Waals surface area contributed by atoms with E-state index in [1.807, 2.05) is 6.07 Å². The van der Waals surface area contributed by atoms with Crippen molar-refractivity contribution in [1.29, 1.82) is 0 Å². The Morgan fingerprint density at radius 2 is 2.00 bits per heavy atom. The second kappa shape index (κ2) is 8.66. The maximum atomic E-state index is 14.6. The van der Waals surface area contributed by atoms with Gasteiger partial charge in [0.05, 0.1) is 23.3 Å². The lowest BCUT2D eigenvalue weighted by Gasteiger charge is -2.35. The molecular weight excluding hydrogens is 405 g/mol. The minimum absolute atomic E-state index is 0.159. The van der Waals surface area contributed by atoms with E-state index in [4.69, 9.17) is 0 Å². The zero-order chi connectivity index (χ0) is 22.1. The van der Waals surface area contributed by atoms with Crippen molar-refractivity contribution in [2.75, 3.05) is 29.9 Å². The number of nitrogens with zero attached hydrogens (tertiary/aromatic N) is 4. The first-order valence-electron chi connectivity index (χ1n) is 10.3. The van der Waals surface area contributed by atoms with Gasteiger partial charge in [0.1, 0.15) is 23.3 Å². The maximum Gasteiger partial charge on any atom is 0.266 e. The summed E-state index contributed by atoms with van der Waals surface area (Å²) in [4.78, 5) is 15.8. The molecule has 0 radical (unpaired) electrons. The largest absolute Gasteiger partial charge is 0.363 e. The second-order valence-corrected chi connectivity index (χ2v) is 7.84. The molecule has 6 nitrogen and oxygen atoms in total. The van der Waals surface area contributed by atoms with Crippen LogP contribution in [0.5, 0.6) is 0 Å². The fourth-order valence-corrected chi connectivity index (χ4v) is 3.94. The number of hydrogen-bond donors (Lipinski definition) is 2. The van der Waals surface area contributed by atoms with E-state index < -0.39 is 23.8 Å². The highest BCUT2D eigenvalue weighted by atomic mass is 19.3. The molecule has 1 saturated heterocycles. The predicted octanol–water partition coefficient (Wildman–Crippen LogP) is 4.38. The highest BCUT2D eigenvalue weighted by molar-refractivity contribution is 5.90. The Morgan fingerprint density at radius 1 is 1.23 bits per heavy atom. The van der Waals surface area contributed by atoms with Gasteiger partial charge in [-0.25, -0.2) is 28.1 Å². The molecule has 3 heterocycles. The molecule has 0 bridgehead atoms. The van der Waals surface area contributed by atoms with Crippen LogP contribution in [0.15, 0.2) is 30.5 Å². The standard InChI is InChI=1S/C22H25F3N6/c1-12-10-26-7-8-31(12)19-9-17-18(11-27-19)29-14(3)30-22(17)28-13(2)15-5-4-6-16(20(15)23)21(24)25/h4-6,9,11-13,21,26H,7-8,10H2,1-3H3,(H,28,29,30)/t12-,13+/m0/s1. The Bertz CT molecular complexity index is 1090. The van der Waals surface area contributed by atoms with Crippen molar-refractivity contribution in [3.05, 3.63) is 53.2 Å². The average molecular weight is 430 g/mol. The lowest BCUT2D eigenvalue weighted by atomic mass is 10.0. The molecule has 0 spiro atoms. The van der Waals surface area contributed by atoms with Crippen LogP contribution < -0.4 is 15.5 Å². The summed E-state index contributed by atoms with van der Waals surface area (Å²) in [6, 6.07) is 5.68. The molecule has 0 unspecified atom stereocenters. The van der Waals surface area contributed by atoms with Gasteiger partial charge in [0.2, 0.25) is 0 Å². The van der Waals surface area contributed by atoms with Gasteiger partial charge < -0.3 is 15.5 Å². The minimum atomic E-state index is -2.87. The quantitative estimate of drug-likeness (QED) is 0.626. The number of pyridine rings is 1. The third-order valence-corrected chi connectivity index (χ3v) is 5.59. The van der Waals surface area contributed by atoms with Crippen LogP contribution in [0.25, 0.3) is 10.9 Å². The number of aromatic nitrogens is 3. The highest BCUT2D eigenvalue weighted by Gasteiger charge is 2.22. The van der Waals surface area contributed by atoms with Gasteiger partial charge in [-0.1, -0.05) is 18.2 Å². The molecule has 4 rings (SSSR count). The summed E-state index contributed by atoms with van der Waals surface area (Å²) in [5, 5.41) is 7.30. The first kappa shape index (κ1) is 21.3. The lowest BCUT2D eigenvalue weighted by molar-refractivity contribution is 0.146. The zero-order valence-corrected chi connectivity index (χ0v) is 17.7. The molecule has 9 heteroatoms. The molecule has 1 fully saturated rings. The first-order valence-corrected chi connectivity index (χ1v) is 10.3. The second-order valence-electron chi connectivity index (χ2n) is 7.84. The lowest BCUT2D eigenvalue weighted by Crippen LogP contribution is -2.50. The van der Waals surface area contributed by atoms with Crippen molar-refractivity contribution >= 4 is 22.5 Å². The van der Waals surface area contributed by atoms with Crippen LogP contribution in [-0.4, -0.2) is 40.6 Å². The molecule has 1 aliphatic rings. The fourth-order valence-electron chi connectivity index (χ4n) is 3.94. The molecular formula is C22H25F3N6. The van der Waals surface area contributed by atoms with E-state index in [9.17, 15) is 13.2 Å². The van der Waals surface area contributed by atoms with E-state index in [1.165, 1.54) is 12.1 Å². The summed E-state index contributed by atoms with van der Waals surface area (Å²) in [7, 11) is 0. The molecule has 164 valence electrons. The number of hydrogen-bond acceptors (Lipinski definition) is 6. The molecule has 3 aromatic rings. The Kier molecular flexibility index (Phi) is 5.95. The SMILES string of the molecule is Cc1nc(N[C@H](C)c2cccc(C(F)F)c2F)c2cc(N3CCNC[C@@H]3C)ncc2n1. The molecule has 2 atom stereocenters. The van der Waals surface area contributed by atoms with Crippen LogP contribution in [0.3, 0.4) is 0 Å². The van der Waals surface area contributed by atoms with E-state index in [-0.39, 0.29) is 11.6 Å². The number of piperazine rings is 1.